The number of ketones is 1. The van der Waals surface area contributed by atoms with Crippen molar-refractivity contribution in [1.82, 2.24) is 14.5 Å². The van der Waals surface area contributed by atoms with Crippen LogP contribution in [0.1, 0.15) is 16.1 Å². The van der Waals surface area contributed by atoms with Crippen LogP contribution in [0.15, 0.2) is 43.0 Å². The maximum absolute atomic E-state index is 12.3. The van der Waals surface area contributed by atoms with Gasteiger partial charge in [0.25, 0.3) is 0 Å². The quantitative estimate of drug-likeness (QED) is 0.679. The summed E-state index contributed by atoms with van der Waals surface area (Å²) < 4.78 is 1.96. The molecule has 0 saturated heterocycles. The second-order valence-corrected chi connectivity index (χ2v) is 3.97. The van der Waals surface area contributed by atoms with Crippen molar-refractivity contribution >= 4 is 16.7 Å². The number of carbonyl (C=O) groups is 1. The highest BCUT2D eigenvalue weighted by Crippen LogP contribution is 2.22. The fourth-order valence-electron chi connectivity index (χ4n) is 2.05. The Bertz CT molecular complexity index is 680. The van der Waals surface area contributed by atoms with E-state index in [2.05, 4.69) is 9.97 Å². The maximum Gasteiger partial charge on any atom is 0.212 e. The number of hydrogen-bond acceptors (Lipinski definition) is 2. The second-order valence-electron chi connectivity index (χ2n) is 3.97. The van der Waals surface area contributed by atoms with Crippen molar-refractivity contribution in [1.29, 1.82) is 0 Å². The Morgan fingerprint density at radius 2 is 2.18 bits per heavy atom. The Hall–Kier alpha value is -2.36. The molecular weight excluding hydrogens is 214 g/mol. The van der Waals surface area contributed by atoms with Crippen LogP contribution in [0.2, 0.25) is 0 Å². The summed E-state index contributed by atoms with van der Waals surface area (Å²) in [4.78, 5) is 19.0. The number of nitrogens with one attached hydrogen (secondary N) is 1. The summed E-state index contributed by atoms with van der Waals surface area (Å²) in [5.41, 5.74) is 2.27. The molecule has 0 aliphatic heterocycles. The Morgan fingerprint density at radius 3 is 2.94 bits per heavy atom. The average Bonchev–Trinajstić information content (AvgIpc) is 2.97. The van der Waals surface area contributed by atoms with Crippen molar-refractivity contribution < 1.29 is 4.79 Å². The third-order valence-corrected chi connectivity index (χ3v) is 2.88. The van der Waals surface area contributed by atoms with Crippen LogP contribution < -0.4 is 0 Å². The normalized spacial score (nSPS) is 10.9. The van der Waals surface area contributed by atoms with E-state index in [9.17, 15) is 4.79 Å². The molecule has 1 N–H and O–H groups in total. The fourth-order valence-corrected chi connectivity index (χ4v) is 2.05. The SMILES string of the molecule is Cn1cc(C(=O)c2cnc[nH]2)c2ccccc21. The lowest BCUT2D eigenvalue weighted by molar-refractivity contribution is 0.103. The van der Waals surface area contributed by atoms with Gasteiger partial charge < -0.3 is 9.55 Å². The number of imidazole rings is 1. The molecule has 1 aromatic carbocycles. The van der Waals surface area contributed by atoms with Gasteiger partial charge in [-0.25, -0.2) is 4.98 Å². The van der Waals surface area contributed by atoms with Crippen LogP contribution in [-0.4, -0.2) is 20.3 Å². The molecular formula is C13H11N3O. The molecule has 2 heterocycles. The van der Waals surface area contributed by atoms with Gasteiger partial charge >= 0.3 is 0 Å². The largest absolute Gasteiger partial charge is 0.350 e. The van der Waals surface area contributed by atoms with Gasteiger partial charge in [-0.15, -0.1) is 0 Å². The average molecular weight is 225 g/mol. The first-order valence-corrected chi connectivity index (χ1v) is 5.34. The van der Waals surface area contributed by atoms with Gasteiger partial charge in [0.1, 0.15) is 5.69 Å². The minimum absolute atomic E-state index is 0.0284. The van der Waals surface area contributed by atoms with Crippen molar-refractivity contribution in [3.63, 3.8) is 0 Å². The molecule has 0 saturated carbocycles. The van der Waals surface area contributed by atoms with Crippen LogP contribution >= 0.6 is 0 Å². The van der Waals surface area contributed by atoms with Crippen LogP contribution in [0, 0.1) is 0 Å². The number of aromatic nitrogens is 3. The van der Waals surface area contributed by atoms with Crippen molar-refractivity contribution in [3.05, 3.63) is 54.2 Å². The van der Waals surface area contributed by atoms with E-state index in [-0.39, 0.29) is 5.78 Å². The summed E-state index contributed by atoms with van der Waals surface area (Å²) in [7, 11) is 1.94. The van der Waals surface area contributed by atoms with E-state index >= 15 is 0 Å². The highest BCUT2D eigenvalue weighted by molar-refractivity contribution is 6.15. The van der Waals surface area contributed by atoms with Crippen LogP contribution in [0.25, 0.3) is 10.9 Å². The Kier molecular flexibility index (Phi) is 2.08. The summed E-state index contributed by atoms with van der Waals surface area (Å²) in [6, 6.07) is 7.86. The van der Waals surface area contributed by atoms with Crippen molar-refractivity contribution in [2.45, 2.75) is 0 Å². The predicted octanol–water partition coefficient (Wildman–Crippen LogP) is 2.13. The molecule has 17 heavy (non-hydrogen) atoms. The zero-order chi connectivity index (χ0) is 11.8. The molecule has 0 aliphatic rings. The molecule has 2 aromatic heterocycles. The van der Waals surface area contributed by atoms with Gasteiger partial charge in [-0.3, -0.25) is 4.79 Å². The van der Waals surface area contributed by atoms with E-state index in [0.717, 1.165) is 10.9 Å². The number of para-hydroxylation sites is 1. The number of aromatic amines is 1. The lowest BCUT2D eigenvalue weighted by Gasteiger charge is -1.95. The maximum atomic E-state index is 12.3. The summed E-state index contributed by atoms with van der Waals surface area (Å²) >= 11 is 0. The van der Waals surface area contributed by atoms with E-state index in [1.807, 2.05) is 42.1 Å². The molecule has 4 nitrogen and oxygen atoms in total. The molecule has 0 aliphatic carbocycles. The van der Waals surface area contributed by atoms with Gasteiger partial charge in [0.05, 0.1) is 12.5 Å². The fraction of sp³-hybridized carbons (Fsp3) is 0.0769. The van der Waals surface area contributed by atoms with E-state index in [4.69, 9.17) is 0 Å². The zero-order valence-corrected chi connectivity index (χ0v) is 9.34. The molecule has 3 rings (SSSR count). The monoisotopic (exact) mass is 225 g/mol. The number of H-pyrrole nitrogens is 1. The predicted molar refractivity (Wildman–Crippen MR) is 64.9 cm³/mol. The van der Waals surface area contributed by atoms with Gasteiger partial charge in [-0.1, -0.05) is 18.2 Å². The number of benzene rings is 1. The standard InChI is InChI=1S/C13H11N3O/c1-16-7-10(9-4-2-3-5-12(9)16)13(17)11-6-14-8-15-11/h2-8H,1H3,(H,14,15). The van der Waals surface area contributed by atoms with Gasteiger partial charge in [-0.05, 0) is 6.07 Å². The molecule has 0 amide bonds. The molecule has 0 radical (unpaired) electrons. The number of hydrogen-bond donors (Lipinski definition) is 1. The number of fused-ring (bicyclic) bond motifs is 1. The van der Waals surface area contributed by atoms with Crippen LogP contribution in [0.3, 0.4) is 0 Å². The van der Waals surface area contributed by atoms with Gasteiger partial charge in [0, 0.05) is 29.7 Å². The summed E-state index contributed by atoms with van der Waals surface area (Å²) in [5, 5.41) is 0.967. The van der Waals surface area contributed by atoms with Crippen LogP contribution in [0.5, 0.6) is 0 Å². The van der Waals surface area contributed by atoms with Crippen LogP contribution in [-0.2, 0) is 7.05 Å². The number of aryl methyl sites for hydroxylation is 1. The molecule has 0 bridgehead atoms. The molecule has 0 fully saturated rings. The second kappa shape index (κ2) is 3.59. The number of carbonyl (C=O) groups excluding carboxylic acids is 1. The first-order chi connectivity index (χ1) is 8.27. The molecule has 0 unspecified atom stereocenters. The first kappa shape index (κ1) is 9.84. The lowest BCUT2D eigenvalue weighted by atomic mass is 10.1. The third-order valence-electron chi connectivity index (χ3n) is 2.88. The lowest BCUT2D eigenvalue weighted by Crippen LogP contribution is -2.00. The smallest absolute Gasteiger partial charge is 0.212 e. The molecule has 84 valence electrons. The first-order valence-electron chi connectivity index (χ1n) is 5.34. The Morgan fingerprint density at radius 1 is 1.35 bits per heavy atom. The van der Waals surface area contributed by atoms with Crippen molar-refractivity contribution in [2.75, 3.05) is 0 Å². The van der Waals surface area contributed by atoms with Gasteiger partial charge in [-0.2, -0.15) is 0 Å². The third kappa shape index (κ3) is 1.45. The van der Waals surface area contributed by atoms with Crippen LogP contribution in [0.4, 0.5) is 0 Å². The van der Waals surface area contributed by atoms with Gasteiger partial charge in [0.15, 0.2) is 0 Å². The number of rotatable bonds is 2. The van der Waals surface area contributed by atoms with Crippen molar-refractivity contribution in [3.8, 4) is 0 Å². The Labute approximate surface area is 97.9 Å². The van der Waals surface area contributed by atoms with Crippen molar-refractivity contribution in [2.24, 2.45) is 7.05 Å². The minimum Gasteiger partial charge on any atom is -0.350 e. The van der Waals surface area contributed by atoms with E-state index < -0.39 is 0 Å². The van der Waals surface area contributed by atoms with E-state index in [1.165, 1.54) is 6.33 Å². The summed E-state index contributed by atoms with van der Waals surface area (Å²) in [5.74, 6) is -0.0284. The highest BCUT2D eigenvalue weighted by Gasteiger charge is 2.16. The van der Waals surface area contributed by atoms with E-state index in [1.54, 1.807) is 6.20 Å². The molecule has 0 spiro atoms. The number of nitrogens with zero attached hydrogens (tertiary/aromatic N) is 2. The summed E-state index contributed by atoms with van der Waals surface area (Å²) in [6.07, 6.45) is 4.91. The summed E-state index contributed by atoms with van der Waals surface area (Å²) in [6.45, 7) is 0. The molecule has 0 atom stereocenters. The zero-order valence-electron chi connectivity index (χ0n) is 9.34. The van der Waals surface area contributed by atoms with Gasteiger partial charge in [0.2, 0.25) is 5.78 Å². The van der Waals surface area contributed by atoms with E-state index in [0.29, 0.717) is 11.3 Å². The molecule has 3 aromatic rings. The minimum atomic E-state index is -0.0284. The molecule has 4 heteroatoms. The highest BCUT2D eigenvalue weighted by atomic mass is 16.1. The Balaban J connectivity index is 2.22. The topological polar surface area (TPSA) is 50.7 Å².